The number of nitrogens with one attached hydrogen (secondary N) is 1. The maximum atomic E-state index is 12.8. The molecular formula is C22H25F2N3O5. The Kier molecular flexibility index (Phi) is 6.57. The summed E-state index contributed by atoms with van der Waals surface area (Å²) in [6.07, 6.45) is 4.44. The lowest BCUT2D eigenvalue weighted by Gasteiger charge is -2.15. The number of carbonyl (C=O) groups excluding carboxylic acids is 2. The van der Waals surface area contributed by atoms with Gasteiger partial charge in [-0.1, -0.05) is 6.92 Å². The lowest BCUT2D eigenvalue weighted by atomic mass is 10.2. The van der Waals surface area contributed by atoms with Gasteiger partial charge in [0, 0.05) is 31.1 Å². The number of nitrogens with zero attached hydrogens (tertiary/aromatic N) is 2. The van der Waals surface area contributed by atoms with Crippen LogP contribution in [0.4, 0.5) is 8.78 Å². The van der Waals surface area contributed by atoms with Crippen molar-refractivity contribution in [2.24, 2.45) is 5.92 Å². The molecule has 1 aromatic heterocycles. The number of oxazole rings is 1. The molecule has 0 bridgehead atoms. The first-order chi connectivity index (χ1) is 15.4. The van der Waals surface area contributed by atoms with E-state index in [-0.39, 0.29) is 40.9 Å². The third kappa shape index (κ3) is 5.35. The Hall–Kier alpha value is -3.17. The minimum absolute atomic E-state index is 0.0491. The van der Waals surface area contributed by atoms with E-state index in [1.807, 2.05) is 0 Å². The van der Waals surface area contributed by atoms with Crippen LogP contribution in [-0.4, -0.2) is 54.0 Å². The van der Waals surface area contributed by atoms with Gasteiger partial charge in [0.1, 0.15) is 6.26 Å². The number of likely N-dealkylation sites (tertiary alicyclic amines) is 1. The van der Waals surface area contributed by atoms with E-state index in [4.69, 9.17) is 9.15 Å². The zero-order chi connectivity index (χ0) is 22.7. The van der Waals surface area contributed by atoms with E-state index < -0.39 is 6.61 Å². The maximum absolute atomic E-state index is 12.8. The molecule has 1 aliphatic heterocycles. The Labute approximate surface area is 183 Å². The van der Waals surface area contributed by atoms with Gasteiger partial charge in [-0.05, 0) is 43.4 Å². The van der Waals surface area contributed by atoms with Gasteiger partial charge < -0.3 is 24.1 Å². The summed E-state index contributed by atoms with van der Waals surface area (Å²) < 4.78 is 41.1. The molecule has 10 heteroatoms. The second-order valence-electron chi connectivity index (χ2n) is 7.99. The first kappa shape index (κ1) is 22.0. The van der Waals surface area contributed by atoms with Gasteiger partial charge in [-0.3, -0.25) is 9.59 Å². The van der Waals surface area contributed by atoms with Crippen molar-refractivity contribution in [2.45, 2.75) is 45.3 Å². The van der Waals surface area contributed by atoms with Crippen molar-refractivity contribution in [2.75, 3.05) is 19.7 Å². The van der Waals surface area contributed by atoms with E-state index in [1.54, 1.807) is 11.8 Å². The molecule has 0 spiro atoms. The fourth-order valence-electron chi connectivity index (χ4n) is 3.50. The highest BCUT2D eigenvalue weighted by Gasteiger charge is 2.29. The van der Waals surface area contributed by atoms with E-state index in [2.05, 4.69) is 15.0 Å². The average Bonchev–Trinajstić information content (AvgIpc) is 3.27. The number of benzene rings is 1. The van der Waals surface area contributed by atoms with Gasteiger partial charge in [0.15, 0.2) is 17.2 Å². The van der Waals surface area contributed by atoms with Crippen LogP contribution in [0.1, 0.15) is 43.1 Å². The number of halogens is 2. The molecule has 1 aromatic carbocycles. The Morgan fingerprint density at radius 1 is 1.28 bits per heavy atom. The number of hydrogen-bond donors (Lipinski definition) is 1. The zero-order valence-electron chi connectivity index (χ0n) is 17.7. The van der Waals surface area contributed by atoms with Crippen molar-refractivity contribution in [1.82, 2.24) is 15.2 Å². The van der Waals surface area contributed by atoms with Gasteiger partial charge in [0.2, 0.25) is 11.8 Å². The smallest absolute Gasteiger partial charge is 0.387 e. The molecule has 2 heterocycles. The lowest BCUT2D eigenvalue weighted by Crippen LogP contribution is -2.38. The second kappa shape index (κ2) is 9.54. The molecular weight excluding hydrogens is 424 g/mol. The Bertz CT molecular complexity index is 976. The van der Waals surface area contributed by atoms with Crippen LogP contribution in [0.2, 0.25) is 0 Å². The van der Waals surface area contributed by atoms with Gasteiger partial charge in [0.25, 0.3) is 5.91 Å². The molecule has 172 valence electrons. The topological polar surface area (TPSA) is 93.9 Å². The number of hydrogen-bond acceptors (Lipinski definition) is 6. The van der Waals surface area contributed by atoms with Gasteiger partial charge in [-0.15, -0.1) is 0 Å². The largest absolute Gasteiger partial charge is 0.489 e. The Morgan fingerprint density at radius 2 is 2.09 bits per heavy atom. The van der Waals surface area contributed by atoms with Crippen LogP contribution in [0, 0.1) is 5.92 Å². The highest BCUT2D eigenvalue weighted by atomic mass is 19.3. The molecule has 32 heavy (non-hydrogen) atoms. The van der Waals surface area contributed by atoms with Crippen molar-refractivity contribution >= 4 is 11.8 Å². The van der Waals surface area contributed by atoms with Crippen molar-refractivity contribution in [3.8, 4) is 23.0 Å². The summed E-state index contributed by atoms with van der Waals surface area (Å²) in [4.78, 5) is 30.2. The predicted molar refractivity (Wildman–Crippen MR) is 110 cm³/mol. The molecule has 1 atom stereocenters. The average molecular weight is 449 g/mol. The van der Waals surface area contributed by atoms with E-state index in [0.29, 0.717) is 44.0 Å². The quantitative estimate of drug-likeness (QED) is 0.630. The summed E-state index contributed by atoms with van der Waals surface area (Å²) in [6.45, 7) is 0.142. The van der Waals surface area contributed by atoms with Crippen molar-refractivity contribution < 1.29 is 32.3 Å². The minimum Gasteiger partial charge on any atom is -0.489 e. The number of aromatic nitrogens is 1. The van der Waals surface area contributed by atoms with Crippen LogP contribution < -0.4 is 14.8 Å². The highest BCUT2D eigenvalue weighted by molar-refractivity contribution is 5.92. The number of carbonyl (C=O) groups is 2. The number of amides is 2. The van der Waals surface area contributed by atoms with Gasteiger partial charge in [0.05, 0.1) is 6.61 Å². The van der Waals surface area contributed by atoms with Crippen molar-refractivity contribution in [3.05, 3.63) is 30.2 Å². The van der Waals surface area contributed by atoms with Crippen molar-refractivity contribution in [3.63, 3.8) is 0 Å². The molecule has 2 amide bonds. The molecule has 1 N–H and O–H groups in total. The van der Waals surface area contributed by atoms with E-state index in [0.717, 1.165) is 12.8 Å². The van der Waals surface area contributed by atoms with Crippen LogP contribution in [0.5, 0.6) is 11.5 Å². The molecule has 2 aromatic rings. The molecule has 0 unspecified atom stereocenters. The normalized spacial score (nSPS) is 18.1. The minimum atomic E-state index is -2.97. The molecule has 2 fully saturated rings. The molecule has 1 saturated heterocycles. The fraction of sp³-hybridized carbons (Fsp3) is 0.500. The first-order valence-electron chi connectivity index (χ1n) is 10.7. The van der Waals surface area contributed by atoms with Gasteiger partial charge >= 0.3 is 6.61 Å². The van der Waals surface area contributed by atoms with Crippen LogP contribution in [-0.2, 0) is 4.79 Å². The molecule has 4 rings (SSSR count). The Balaban J connectivity index is 1.45. The van der Waals surface area contributed by atoms with Crippen molar-refractivity contribution in [1.29, 1.82) is 0 Å². The fourth-order valence-corrected chi connectivity index (χ4v) is 3.50. The Morgan fingerprint density at radius 3 is 2.81 bits per heavy atom. The summed E-state index contributed by atoms with van der Waals surface area (Å²) >= 11 is 0. The summed E-state index contributed by atoms with van der Waals surface area (Å²) in [5.74, 6) is 0.362. The van der Waals surface area contributed by atoms with Crippen LogP contribution in [0.3, 0.4) is 0 Å². The molecule has 0 radical (unpaired) electrons. The number of ether oxygens (including phenoxy) is 2. The first-order valence-corrected chi connectivity index (χ1v) is 10.7. The van der Waals surface area contributed by atoms with Crippen LogP contribution in [0.15, 0.2) is 28.9 Å². The summed E-state index contributed by atoms with van der Waals surface area (Å²) in [5.41, 5.74) is 0.613. The van der Waals surface area contributed by atoms with Gasteiger partial charge in [-0.2, -0.15) is 8.78 Å². The van der Waals surface area contributed by atoms with E-state index in [1.165, 1.54) is 24.5 Å². The third-order valence-corrected chi connectivity index (χ3v) is 5.46. The van der Waals surface area contributed by atoms with Crippen LogP contribution in [0.25, 0.3) is 11.5 Å². The monoisotopic (exact) mass is 449 g/mol. The summed E-state index contributed by atoms with van der Waals surface area (Å²) in [7, 11) is 0. The number of alkyl halides is 2. The molecule has 2 aliphatic rings. The second-order valence-corrected chi connectivity index (χ2v) is 7.99. The predicted octanol–water partition coefficient (Wildman–Crippen LogP) is 3.47. The van der Waals surface area contributed by atoms with Crippen LogP contribution >= 0.6 is 0 Å². The summed E-state index contributed by atoms with van der Waals surface area (Å²) in [6, 6.07) is 4.34. The molecule has 8 nitrogen and oxygen atoms in total. The van der Waals surface area contributed by atoms with E-state index >= 15 is 0 Å². The van der Waals surface area contributed by atoms with E-state index in [9.17, 15) is 18.4 Å². The van der Waals surface area contributed by atoms with Gasteiger partial charge in [-0.25, -0.2) is 4.98 Å². The maximum Gasteiger partial charge on any atom is 0.387 e. The lowest BCUT2D eigenvalue weighted by molar-refractivity contribution is -0.121. The summed E-state index contributed by atoms with van der Waals surface area (Å²) in [5, 5.41) is 2.89. The molecule has 1 saturated carbocycles. The highest BCUT2D eigenvalue weighted by Crippen LogP contribution is 2.36. The molecule has 1 aliphatic carbocycles. The third-order valence-electron chi connectivity index (χ3n) is 5.46. The SMILES string of the molecule is CCC(=O)N[C@@H]1CCN(C(=O)c2coc(-c3ccc(OC(F)F)c(OCC4CC4)c3)n2)C1. The zero-order valence-corrected chi connectivity index (χ0v) is 17.7. The number of rotatable bonds is 9. The standard InChI is InChI=1S/C22H25F2N3O5/c1-2-19(28)25-15-7-8-27(10-15)21(29)16-12-31-20(26-16)14-5-6-17(32-22(23)24)18(9-14)30-11-13-3-4-13/h5-6,9,12-13,15,22H,2-4,7-8,10-11H2,1H3,(H,25,28)/t15-/m1/s1.